The van der Waals surface area contributed by atoms with E-state index < -0.39 is 18.4 Å². The number of hydrogen-bond donors (Lipinski definition) is 5. The summed E-state index contributed by atoms with van der Waals surface area (Å²) in [6, 6.07) is 22.0. The van der Waals surface area contributed by atoms with Crippen molar-refractivity contribution in [1.82, 2.24) is 5.32 Å². The number of allylic oxidation sites excluding steroid dienone is 1. The third kappa shape index (κ3) is 9.63. The summed E-state index contributed by atoms with van der Waals surface area (Å²) in [6.45, 7) is 3.52. The number of carbonyl (C=O) groups excluding carboxylic acids is 1. The molecule has 6 N–H and O–H groups in total. The van der Waals surface area contributed by atoms with Crippen molar-refractivity contribution in [2.24, 2.45) is 16.6 Å². The van der Waals surface area contributed by atoms with Crippen molar-refractivity contribution in [2.45, 2.75) is 95.7 Å². The van der Waals surface area contributed by atoms with Crippen LogP contribution >= 0.6 is 0 Å². The predicted molar refractivity (Wildman–Crippen MR) is 213 cm³/mol. The highest BCUT2D eigenvalue weighted by molar-refractivity contribution is 5.87. The standard InChI is InChI=1S/C46H50N4O5/c1-2-3-5-12-37(51)27-38(52)17-13-32-14-20-43-44(24-32)55-46-33(11-8-23-54-43)16-19-42(53)39-18-15-34(45(47)48-22-21-31-9-6-4-7-10-31)25-35(39)26-36-28-49-41-30-50(46)29-40(36)41/h4,6-7,9-10,14-15,18,20,24-25,28,30,33,37,42,45-46,48,51,53H,2-3,5,11-13,17,21-22,26-27,29,47H2,1H3/p+1/t33-,37+,42+,45+,46+/m0/s1. The number of nitrogens with one attached hydrogen (secondary N) is 2. The van der Waals surface area contributed by atoms with E-state index in [4.69, 9.17) is 20.2 Å². The third-order valence-corrected chi connectivity index (χ3v) is 10.8. The zero-order valence-electron chi connectivity index (χ0n) is 31.5. The molecule has 0 aliphatic carbocycles. The smallest absolute Gasteiger partial charge is 0.251 e. The number of ether oxygens (including phenoxy) is 2. The Morgan fingerprint density at radius 1 is 1.05 bits per heavy atom. The Hall–Kier alpha value is -5.00. The van der Waals surface area contributed by atoms with Gasteiger partial charge in [0, 0.05) is 37.6 Å². The fourth-order valence-corrected chi connectivity index (χ4v) is 7.70. The first-order valence-electron chi connectivity index (χ1n) is 19.7. The van der Waals surface area contributed by atoms with E-state index in [2.05, 4.69) is 60.5 Å². The van der Waals surface area contributed by atoms with Gasteiger partial charge in [0.05, 0.1) is 12.3 Å². The number of fused-ring (bicyclic) bond motifs is 5. The first-order chi connectivity index (χ1) is 26.8. The number of quaternary nitrogens is 1. The molecular weight excluding hydrogens is 689 g/mol. The number of aliphatic imine (C=N–C) groups is 1. The largest absolute Gasteiger partial charge is 0.437 e. The molecule has 4 aliphatic rings. The second kappa shape index (κ2) is 18.1. The number of Topliss-reactive ketones (excluding diaryl/α,β-unsaturated/α-hetero) is 1. The molecule has 0 fully saturated rings. The Labute approximate surface area is 324 Å². The number of rotatable bonds is 14. The molecule has 9 nitrogen and oxygen atoms in total. The van der Waals surface area contributed by atoms with E-state index in [1.165, 1.54) is 5.56 Å². The molecule has 0 radical (unpaired) electrons. The molecule has 6 atom stereocenters. The minimum atomic E-state index is -1.04. The van der Waals surface area contributed by atoms with Gasteiger partial charge in [0.15, 0.2) is 11.5 Å². The van der Waals surface area contributed by atoms with Crippen LogP contribution in [0.1, 0.15) is 92.0 Å². The Morgan fingerprint density at radius 2 is 1.93 bits per heavy atom. The van der Waals surface area contributed by atoms with Crippen LogP contribution in [-0.2, 0) is 24.1 Å². The second-order valence-corrected chi connectivity index (χ2v) is 14.9. The predicted octanol–water partition coefficient (Wildman–Crippen LogP) is 4.79. The van der Waals surface area contributed by atoms with E-state index >= 15 is 0 Å². The van der Waals surface area contributed by atoms with Gasteiger partial charge in [0.25, 0.3) is 6.23 Å². The molecule has 9 heteroatoms. The average Bonchev–Trinajstić information content (AvgIpc) is 3.79. The van der Waals surface area contributed by atoms with Gasteiger partial charge in [-0.05, 0) is 71.2 Å². The average molecular weight is 740 g/mol. The molecule has 1 unspecified atom stereocenters. The first kappa shape index (κ1) is 38.3. The van der Waals surface area contributed by atoms with Crippen LogP contribution in [0.3, 0.4) is 0 Å². The summed E-state index contributed by atoms with van der Waals surface area (Å²) < 4.78 is 12.7. The molecule has 7 rings (SSSR count). The molecule has 0 saturated heterocycles. The Bertz CT molecular complexity index is 2090. The monoisotopic (exact) mass is 739 g/mol. The van der Waals surface area contributed by atoms with Gasteiger partial charge >= 0.3 is 0 Å². The number of aryl methyl sites for hydroxylation is 1. The molecule has 0 spiro atoms. The van der Waals surface area contributed by atoms with Gasteiger partial charge in [-0.3, -0.25) is 20.0 Å². The summed E-state index contributed by atoms with van der Waals surface area (Å²) in [5, 5.41) is 25.4. The summed E-state index contributed by atoms with van der Waals surface area (Å²) in [7, 11) is 0. The molecule has 4 heterocycles. The quantitative estimate of drug-likeness (QED) is 0.0914. The van der Waals surface area contributed by atoms with Gasteiger partial charge < -0.3 is 25.4 Å². The van der Waals surface area contributed by atoms with Gasteiger partial charge in [-0.2, -0.15) is 0 Å². The Kier molecular flexibility index (Phi) is 12.6. The maximum absolute atomic E-state index is 12.7. The highest BCUT2D eigenvalue weighted by Crippen LogP contribution is 2.34. The number of aliphatic hydroxyl groups excluding tert-OH is 2. The molecule has 55 heavy (non-hydrogen) atoms. The van der Waals surface area contributed by atoms with E-state index in [0.717, 1.165) is 76.2 Å². The molecule has 0 aromatic heterocycles. The molecule has 0 saturated carbocycles. The number of carbonyl (C=O) groups is 1. The lowest BCUT2D eigenvalue weighted by Crippen LogP contribution is -3.12. The number of nitrogens with two attached hydrogens (primary N) is 1. The van der Waals surface area contributed by atoms with E-state index in [1.54, 1.807) is 0 Å². The maximum Gasteiger partial charge on any atom is 0.251 e. The second-order valence-electron chi connectivity index (χ2n) is 14.9. The number of hydrogen-bond acceptors (Lipinski definition) is 8. The summed E-state index contributed by atoms with van der Waals surface area (Å²) in [5.74, 6) is 10.4. The molecule has 4 aliphatic heterocycles. The van der Waals surface area contributed by atoms with Crippen LogP contribution in [0.25, 0.3) is 0 Å². The lowest BCUT2D eigenvalue weighted by Gasteiger charge is -2.28. The van der Waals surface area contributed by atoms with Crippen LogP contribution in [0, 0.1) is 29.8 Å². The molecular formula is C46H51N4O5+. The van der Waals surface area contributed by atoms with Gasteiger partial charge in [0.1, 0.15) is 42.4 Å². The van der Waals surface area contributed by atoms with Crippen LogP contribution in [0.2, 0.25) is 0 Å². The van der Waals surface area contributed by atoms with Gasteiger partial charge in [-0.1, -0.05) is 98.5 Å². The van der Waals surface area contributed by atoms with Gasteiger partial charge in [0.2, 0.25) is 0 Å². The van der Waals surface area contributed by atoms with E-state index in [-0.39, 0.29) is 24.3 Å². The molecule has 3 aromatic carbocycles. The fourth-order valence-electron chi connectivity index (χ4n) is 7.70. The van der Waals surface area contributed by atoms with Crippen molar-refractivity contribution >= 4 is 12.0 Å². The topological polar surface area (TPSA) is 131 Å². The van der Waals surface area contributed by atoms with Crippen LogP contribution in [0.4, 0.5) is 0 Å². The Balaban J connectivity index is 1.11. The number of unbranched alkanes of at least 4 members (excludes halogenated alkanes) is 2. The van der Waals surface area contributed by atoms with Crippen molar-refractivity contribution < 1.29 is 29.4 Å². The van der Waals surface area contributed by atoms with Crippen molar-refractivity contribution in [3.05, 3.63) is 118 Å². The van der Waals surface area contributed by atoms with Gasteiger partial charge in [-0.25, -0.2) is 0 Å². The van der Waals surface area contributed by atoms with Gasteiger partial charge in [-0.15, -0.1) is 0 Å². The lowest BCUT2D eigenvalue weighted by molar-refractivity contribution is -0.889. The lowest BCUT2D eigenvalue weighted by atomic mass is 9.92. The normalized spacial score (nSPS) is 21.8. The van der Waals surface area contributed by atoms with E-state index in [9.17, 15) is 15.0 Å². The van der Waals surface area contributed by atoms with Crippen molar-refractivity contribution in [1.29, 1.82) is 0 Å². The molecule has 284 valence electrons. The SMILES string of the molecule is CCCCC[C@@H](O)CC(=O)CCc1ccc2c(c1)O[C@@H]1[C@H](C#C[C@@H](O)c3ccc([C@H](N)NCCc4ccccc4)cc3CC3=C4C[NH+]1C=C4N=C3)CC#CO2. The zero-order chi connectivity index (χ0) is 38.1. The van der Waals surface area contributed by atoms with Crippen molar-refractivity contribution in [3.8, 4) is 35.4 Å². The Morgan fingerprint density at radius 3 is 2.78 bits per heavy atom. The highest BCUT2D eigenvalue weighted by atomic mass is 16.5. The minimum Gasteiger partial charge on any atom is -0.437 e. The van der Waals surface area contributed by atoms with E-state index in [0.29, 0.717) is 50.1 Å². The zero-order valence-corrected chi connectivity index (χ0v) is 31.5. The fraction of sp³-hybridized carbons (Fsp3) is 0.391. The number of nitrogens with zero attached hydrogens (tertiary/aromatic N) is 1. The van der Waals surface area contributed by atoms with Crippen LogP contribution in [0.5, 0.6) is 11.5 Å². The van der Waals surface area contributed by atoms with Crippen molar-refractivity contribution in [3.63, 3.8) is 0 Å². The molecule has 2 bridgehead atoms. The van der Waals surface area contributed by atoms with Crippen molar-refractivity contribution in [2.75, 3.05) is 13.1 Å². The van der Waals surface area contributed by atoms with Crippen LogP contribution in [-0.4, -0.2) is 47.6 Å². The number of ketones is 1. The third-order valence-electron chi connectivity index (χ3n) is 10.8. The molecule has 0 amide bonds. The molecule has 3 aromatic rings. The van der Waals surface area contributed by atoms with E-state index in [1.807, 2.05) is 54.7 Å². The summed E-state index contributed by atoms with van der Waals surface area (Å²) in [4.78, 5) is 18.6. The summed E-state index contributed by atoms with van der Waals surface area (Å²) in [5.41, 5.74) is 14.6. The maximum atomic E-state index is 12.7. The highest BCUT2D eigenvalue weighted by Gasteiger charge is 2.40. The number of benzene rings is 3. The minimum absolute atomic E-state index is 0.0456. The number of aliphatic hydroxyl groups is 2. The van der Waals surface area contributed by atoms with Crippen LogP contribution in [0.15, 0.2) is 94.8 Å². The summed E-state index contributed by atoms with van der Waals surface area (Å²) >= 11 is 0. The summed E-state index contributed by atoms with van der Waals surface area (Å²) in [6.07, 6.45) is 11.0. The first-order valence-corrected chi connectivity index (χ1v) is 19.7. The van der Waals surface area contributed by atoms with Crippen LogP contribution < -0.4 is 25.4 Å².